The molecule has 1 atom stereocenters. The van der Waals surface area contributed by atoms with Gasteiger partial charge in [0.1, 0.15) is 15.6 Å². The van der Waals surface area contributed by atoms with Gasteiger partial charge in [-0.3, -0.25) is 9.78 Å². The first-order valence-electron chi connectivity index (χ1n) is 8.78. The summed E-state index contributed by atoms with van der Waals surface area (Å²) in [6.07, 6.45) is 5.25. The molecule has 3 heterocycles. The molecule has 1 saturated heterocycles. The van der Waals surface area contributed by atoms with Crippen LogP contribution in [0.4, 0.5) is 0 Å². The van der Waals surface area contributed by atoms with Gasteiger partial charge in [-0.25, -0.2) is 4.98 Å². The number of amides is 1. The van der Waals surface area contributed by atoms with Crippen LogP contribution in [0.15, 0.2) is 55.0 Å². The summed E-state index contributed by atoms with van der Waals surface area (Å²) in [5, 5.41) is 4.19. The van der Waals surface area contributed by atoms with Crippen LogP contribution in [0.5, 0.6) is 5.75 Å². The SMILES string of the molecule is COc1ccc(-c2ncc(C(=O)N3CCNCC3c3cccnc3)s2)cc1. The summed E-state index contributed by atoms with van der Waals surface area (Å²) in [7, 11) is 1.64. The first kappa shape index (κ1) is 17.6. The summed E-state index contributed by atoms with van der Waals surface area (Å²) in [6, 6.07) is 11.6. The van der Waals surface area contributed by atoms with E-state index in [4.69, 9.17) is 4.74 Å². The van der Waals surface area contributed by atoms with Crippen LogP contribution in [-0.4, -0.2) is 47.5 Å². The molecular formula is C20H20N4O2S. The maximum atomic E-state index is 13.2. The van der Waals surface area contributed by atoms with Gasteiger partial charge in [-0.2, -0.15) is 0 Å². The fourth-order valence-corrected chi connectivity index (χ4v) is 4.08. The zero-order valence-electron chi connectivity index (χ0n) is 15.0. The van der Waals surface area contributed by atoms with Crippen molar-refractivity contribution in [3.63, 3.8) is 0 Å². The summed E-state index contributed by atoms with van der Waals surface area (Å²) in [4.78, 5) is 24.4. The fraction of sp³-hybridized carbons (Fsp3) is 0.250. The lowest BCUT2D eigenvalue weighted by molar-refractivity contribution is 0.0639. The molecule has 138 valence electrons. The van der Waals surface area contributed by atoms with Gasteiger partial charge in [0.15, 0.2) is 0 Å². The molecule has 7 heteroatoms. The van der Waals surface area contributed by atoms with Crippen molar-refractivity contribution in [2.75, 3.05) is 26.7 Å². The molecule has 0 saturated carbocycles. The van der Waals surface area contributed by atoms with Crippen molar-refractivity contribution in [1.29, 1.82) is 0 Å². The molecule has 1 amide bonds. The van der Waals surface area contributed by atoms with Crippen molar-refractivity contribution < 1.29 is 9.53 Å². The Kier molecular flexibility index (Phi) is 5.13. The number of carbonyl (C=O) groups excluding carboxylic acids is 1. The standard InChI is InChI=1S/C20H20N4O2S/c1-26-16-6-4-14(5-7-16)19-23-13-18(27-19)20(25)24-10-9-22-12-17(24)15-3-2-8-21-11-15/h2-8,11,13,17,22H,9-10,12H2,1H3. The number of hydrogen-bond acceptors (Lipinski definition) is 6. The second-order valence-electron chi connectivity index (χ2n) is 6.26. The molecule has 0 aliphatic carbocycles. The van der Waals surface area contributed by atoms with Crippen molar-refractivity contribution >= 4 is 17.2 Å². The lowest BCUT2D eigenvalue weighted by atomic mass is 10.1. The van der Waals surface area contributed by atoms with Crippen LogP contribution in [-0.2, 0) is 0 Å². The molecule has 1 aromatic carbocycles. The number of nitrogens with zero attached hydrogens (tertiary/aromatic N) is 3. The van der Waals surface area contributed by atoms with Crippen LogP contribution in [0, 0.1) is 0 Å². The van der Waals surface area contributed by atoms with Gasteiger partial charge in [-0.05, 0) is 35.9 Å². The Morgan fingerprint density at radius 3 is 2.85 bits per heavy atom. The maximum Gasteiger partial charge on any atom is 0.266 e. The lowest BCUT2D eigenvalue weighted by Gasteiger charge is -2.36. The second kappa shape index (κ2) is 7.85. The van der Waals surface area contributed by atoms with E-state index >= 15 is 0 Å². The molecule has 0 spiro atoms. The molecule has 2 aromatic heterocycles. The van der Waals surface area contributed by atoms with Crippen molar-refractivity contribution in [2.45, 2.75) is 6.04 Å². The number of aromatic nitrogens is 2. The molecular weight excluding hydrogens is 360 g/mol. The van der Waals surface area contributed by atoms with Gasteiger partial charge >= 0.3 is 0 Å². The van der Waals surface area contributed by atoms with Crippen LogP contribution >= 0.6 is 11.3 Å². The molecule has 0 radical (unpaired) electrons. The topological polar surface area (TPSA) is 67.3 Å². The normalized spacial score (nSPS) is 16.9. The largest absolute Gasteiger partial charge is 0.497 e. The van der Waals surface area contributed by atoms with E-state index in [-0.39, 0.29) is 11.9 Å². The Balaban J connectivity index is 1.57. The van der Waals surface area contributed by atoms with E-state index in [0.29, 0.717) is 11.4 Å². The third-order valence-corrected chi connectivity index (χ3v) is 5.66. The number of nitrogens with one attached hydrogen (secondary N) is 1. The summed E-state index contributed by atoms with van der Waals surface area (Å²) in [5.74, 6) is 0.814. The minimum Gasteiger partial charge on any atom is -0.497 e. The monoisotopic (exact) mass is 380 g/mol. The predicted octanol–water partition coefficient (Wildman–Crippen LogP) is 3.00. The zero-order chi connectivity index (χ0) is 18.6. The molecule has 1 aliphatic rings. The number of pyridine rings is 1. The number of methoxy groups -OCH3 is 1. The quantitative estimate of drug-likeness (QED) is 0.754. The van der Waals surface area contributed by atoms with Crippen LogP contribution in [0.3, 0.4) is 0 Å². The third-order valence-electron chi connectivity index (χ3n) is 4.63. The number of benzene rings is 1. The number of ether oxygens (including phenoxy) is 1. The third kappa shape index (κ3) is 3.70. The fourth-order valence-electron chi connectivity index (χ4n) is 3.20. The number of carbonyl (C=O) groups is 1. The molecule has 4 rings (SSSR count). The van der Waals surface area contributed by atoms with Crippen LogP contribution in [0.1, 0.15) is 21.3 Å². The average molecular weight is 380 g/mol. The Labute approximate surface area is 161 Å². The Bertz CT molecular complexity index is 911. The van der Waals surface area contributed by atoms with Gasteiger partial charge in [0.25, 0.3) is 5.91 Å². The lowest BCUT2D eigenvalue weighted by Crippen LogP contribution is -2.48. The van der Waals surface area contributed by atoms with Gasteiger partial charge in [-0.1, -0.05) is 6.07 Å². The van der Waals surface area contributed by atoms with Crippen molar-refractivity contribution in [3.05, 3.63) is 65.4 Å². The van der Waals surface area contributed by atoms with Crippen LogP contribution in [0.2, 0.25) is 0 Å². The summed E-state index contributed by atoms with van der Waals surface area (Å²) in [5.41, 5.74) is 2.02. The molecule has 1 fully saturated rings. The number of piperazine rings is 1. The van der Waals surface area contributed by atoms with Crippen LogP contribution < -0.4 is 10.1 Å². The smallest absolute Gasteiger partial charge is 0.266 e. The zero-order valence-corrected chi connectivity index (χ0v) is 15.8. The number of rotatable bonds is 4. The van der Waals surface area contributed by atoms with E-state index in [1.807, 2.05) is 47.5 Å². The summed E-state index contributed by atoms with van der Waals surface area (Å²) < 4.78 is 5.19. The maximum absolute atomic E-state index is 13.2. The van der Waals surface area contributed by atoms with Gasteiger partial charge in [0.05, 0.1) is 19.3 Å². The molecule has 0 bridgehead atoms. The van der Waals surface area contributed by atoms with Crippen molar-refractivity contribution in [2.24, 2.45) is 0 Å². The summed E-state index contributed by atoms with van der Waals surface area (Å²) >= 11 is 1.42. The Hall–Kier alpha value is -2.77. The van der Waals surface area contributed by atoms with Crippen molar-refractivity contribution in [1.82, 2.24) is 20.2 Å². The van der Waals surface area contributed by atoms with Gasteiger partial charge in [0, 0.05) is 37.6 Å². The highest BCUT2D eigenvalue weighted by atomic mass is 32.1. The Morgan fingerprint density at radius 2 is 2.11 bits per heavy atom. The first-order valence-corrected chi connectivity index (χ1v) is 9.60. The molecule has 27 heavy (non-hydrogen) atoms. The molecule has 1 N–H and O–H groups in total. The van der Waals surface area contributed by atoms with Gasteiger partial charge in [0.2, 0.25) is 0 Å². The average Bonchev–Trinajstić information content (AvgIpc) is 3.24. The van der Waals surface area contributed by atoms with Gasteiger partial charge in [-0.15, -0.1) is 11.3 Å². The molecule has 1 unspecified atom stereocenters. The number of hydrogen-bond donors (Lipinski definition) is 1. The second-order valence-corrected chi connectivity index (χ2v) is 7.29. The highest BCUT2D eigenvalue weighted by Gasteiger charge is 2.29. The highest BCUT2D eigenvalue weighted by molar-refractivity contribution is 7.16. The number of thiazole rings is 1. The minimum absolute atomic E-state index is 0.0163. The van der Waals surface area contributed by atoms with E-state index in [2.05, 4.69) is 15.3 Å². The Morgan fingerprint density at radius 1 is 1.26 bits per heavy atom. The predicted molar refractivity (Wildman–Crippen MR) is 105 cm³/mol. The molecule has 6 nitrogen and oxygen atoms in total. The van der Waals surface area contributed by atoms with Gasteiger partial charge < -0.3 is 15.0 Å². The van der Waals surface area contributed by atoms with E-state index in [0.717, 1.165) is 35.0 Å². The first-order chi connectivity index (χ1) is 13.3. The molecule has 3 aromatic rings. The highest BCUT2D eigenvalue weighted by Crippen LogP contribution is 2.30. The minimum atomic E-state index is -0.0218. The van der Waals surface area contributed by atoms with E-state index in [1.165, 1.54) is 11.3 Å². The van der Waals surface area contributed by atoms with E-state index in [9.17, 15) is 4.79 Å². The van der Waals surface area contributed by atoms with Crippen molar-refractivity contribution in [3.8, 4) is 16.3 Å². The van der Waals surface area contributed by atoms with E-state index < -0.39 is 0 Å². The summed E-state index contributed by atoms with van der Waals surface area (Å²) in [6.45, 7) is 2.17. The van der Waals surface area contributed by atoms with Crippen LogP contribution in [0.25, 0.3) is 10.6 Å². The van der Waals surface area contributed by atoms with E-state index in [1.54, 1.807) is 19.5 Å². The molecule has 1 aliphatic heterocycles.